The van der Waals surface area contributed by atoms with E-state index in [1.54, 1.807) is 31.2 Å². The second-order valence-electron chi connectivity index (χ2n) is 7.40. The number of benzene rings is 1. The summed E-state index contributed by atoms with van der Waals surface area (Å²) in [5.41, 5.74) is 1.68. The van der Waals surface area contributed by atoms with Gasteiger partial charge in [-0.15, -0.1) is 11.3 Å². The van der Waals surface area contributed by atoms with Gasteiger partial charge in [0.1, 0.15) is 16.1 Å². The number of carbonyl (C=O) groups excluding carboxylic acids is 2. The molecule has 0 radical (unpaired) electrons. The van der Waals surface area contributed by atoms with Crippen molar-refractivity contribution in [2.75, 3.05) is 11.9 Å². The summed E-state index contributed by atoms with van der Waals surface area (Å²) in [4.78, 5) is 26.7. The zero-order chi connectivity index (χ0) is 21.4. The minimum atomic E-state index is -0.511. The first-order chi connectivity index (χ1) is 14.4. The molecule has 1 unspecified atom stereocenters. The molecule has 1 amide bonds. The average Bonchev–Trinajstić information content (AvgIpc) is 3.04. The molecule has 2 N–H and O–H groups in total. The van der Waals surface area contributed by atoms with Crippen LogP contribution in [0.1, 0.15) is 51.4 Å². The molecule has 4 rings (SSSR count). The Kier molecular flexibility index (Phi) is 5.66. The van der Waals surface area contributed by atoms with Crippen molar-refractivity contribution < 1.29 is 18.7 Å². The van der Waals surface area contributed by atoms with Gasteiger partial charge in [0, 0.05) is 15.3 Å². The maximum atomic E-state index is 13.0. The van der Waals surface area contributed by atoms with Gasteiger partial charge in [0.25, 0.3) is 5.91 Å². The van der Waals surface area contributed by atoms with Crippen LogP contribution in [0.2, 0.25) is 5.02 Å². The van der Waals surface area contributed by atoms with Crippen LogP contribution in [0.15, 0.2) is 28.7 Å². The third-order valence-electron chi connectivity index (χ3n) is 5.19. The number of esters is 1. The molecule has 0 bridgehead atoms. The van der Waals surface area contributed by atoms with Gasteiger partial charge in [0.05, 0.1) is 12.2 Å². The van der Waals surface area contributed by atoms with E-state index in [1.807, 2.05) is 0 Å². The molecule has 0 saturated heterocycles. The molecule has 0 fully saturated rings. The van der Waals surface area contributed by atoms with Crippen LogP contribution in [0.4, 0.5) is 5.00 Å². The number of halogens is 1. The fourth-order valence-corrected chi connectivity index (χ4v) is 5.28. The topological polar surface area (TPSA) is 92.4 Å². The SMILES string of the molecule is CCOC(=O)c1c(NC(=O)c2cc3cc(Cl)ccc3oc2=N)sc2c1CCC(C)C2. The maximum Gasteiger partial charge on any atom is 0.341 e. The van der Waals surface area contributed by atoms with E-state index in [1.165, 1.54) is 11.3 Å². The lowest BCUT2D eigenvalue weighted by molar-refractivity contribution is 0.0526. The van der Waals surface area contributed by atoms with Crippen LogP contribution in [0.3, 0.4) is 0 Å². The lowest BCUT2D eigenvalue weighted by Gasteiger charge is -2.18. The molecule has 8 heteroatoms. The first kappa shape index (κ1) is 20.6. The van der Waals surface area contributed by atoms with Crippen LogP contribution in [0, 0.1) is 11.3 Å². The molecule has 1 aliphatic rings. The van der Waals surface area contributed by atoms with Crippen molar-refractivity contribution in [2.24, 2.45) is 5.92 Å². The smallest absolute Gasteiger partial charge is 0.341 e. The van der Waals surface area contributed by atoms with E-state index in [9.17, 15) is 9.59 Å². The third-order valence-corrected chi connectivity index (χ3v) is 6.60. The van der Waals surface area contributed by atoms with Crippen LogP contribution >= 0.6 is 22.9 Å². The van der Waals surface area contributed by atoms with E-state index in [-0.39, 0.29) is 17.7 Å². The molecule has 0 saturated carbocycles. The summed E-state index contributed by atoms with van der Waals surface area (Å²) in [5, 5.41) is 12.5. The second kappa shape index (κ2) is 8.24. The lowest BCUT2D eigenvalue weighted by Crippen LogP contribution is -2.22. The second-order valence-corrected chi connectivity index (χ2v) is 8.94. The average molecular weight is 445 g/mol. The third kappa shape index (κ3) is 3.87. The predicted molar refractivity (Wildman–Crippen MR) is 116 cm³/mol. The Morgan fingerprint density at radius 1 is 1.37 bits per heavy atom. The van der Waals surface area contributed by atoms with Gasteiger partial charge in [-0.05, 0) is 61.9 Å². The van der Waals surface area contributed by atoms with E-state index in [2.05, 4.69) is 12.2 Å². The first-order valence-corrected chi connectivity index (χ1v) is 11.0. The van der Waals surface area contributed by atoms with Crippen molar-refractivity contribution in [1.82, 2.24) is 0 Å². The van der Waals surface area contributed by atoms with Crippen LogP contribution in [0.25, 0.3) is 11.0 Å². The summed E-state index contributed by atoms with van der Waals surface area (Å²) in [6.07, 6.45) is 2.64. The largest absolute Gasteiger partial charge is 0.462 e. The summed E-state index contributed by atoms with van der Waals surface area (Å²) in [5.74, 6) is -0.414. The number of nitrogens with one attached hydrogen (secondary N) is 2. The molecule has 1 aliphatic carbocycles. The summed E-state index contributed by atoms with van der Waals surface area (Å²) in [6, 6.07) is 6.56. The summed E-state index contributed by atoms with van der Waals surface area (Å²) >= 11 is 7.45. The van der Waals surface area contributed by atoms with Gasteiger partial charge < -0.3 is 14.5 Å². The monoisotopic (exact) mass is 444 g/mol. The lowest BCUT2D eigenvalue weighted by atomic mass is 9.88. The highest BCUT2D eigenvalue weighted by atomic mass is 35.5. The molecule has 6 nitrogen and oxygen atoms in total. The van der Waals surface area contributed by atoms with E-state index in [4.69, 9.17) is 26.2 Å². The minimum absolute atomic E-state index is 0.0688. The molecule has 2 aromatic heterocycles. The fourth-order valence-electron chi connectivity index (χ4n) is 3.71. The number of fused-ring (bicyclic) bond motifs is 2. The number of thiophene rings is 1. The number of rotatable bonds is 4. The van der Waals surface area contributed by atoms with Crippen LogP contribution in [-0.4, -0.2) is 18.5 Å². The van der Waals surface area contributed by atoms with Crippen LogP contribution in [-0.2, 0) is 17.6 Å². The zero-order valence-corrected chi connectivity index (χ0v) is 18.2. The number of carbonyl (C=O) groups is 2. The van der Waals surface area contributed by atoms with Gasteiger partial charge in [-0.2, -0.15) is 0 Å². The molecule has 2 heterocycles. The van der Waals surface area contributed by atoms with Gasteiger partial charge >= 0.3 is 5.97 Å². The molecule has 3 aromatic rings. The molecular weight excluding hydrogens is 424 g/mol. The molecular formula is C22H21ClN2O4S. The van der Waals surface area contributed by atoms with Crippen molar-refractivity contribution in [2.45, 2.75) is 33.1 Å². The van der Waals surface area contributed by atoms with E-state index < -0.39 is 11.9 Å². The van der Waals surface area contributed by atoms with Gasteiger partial charge in [0.2, 0.25) is 5.55 Å². The highest BCUT2D eigenvalue weighted by Crippen LogP contribution is 2.40. The Morgan fingerprint density at radius 2 is 2.17 bits per heavy atom. The number of anilines is 1. The molecule has 1 atom stereocenters. The van der Waals surface area contributed by atoms with Crippen molar-refractivity contribution in [3.63, 3.8) is 0 Å². The van der Waals surface area contributed by atoms with Crippen molar-refractivity contribution >= 4 is 50.8 Å². The zero-order valence-electron chi connectivity index (χ0n) is 16.6. The Bertz CT molecular complexity index is 1210. The highest BCUT2D eigenvalue weighted by molar-refractivity contribution is 7.17. The quantitative estimate of drug-likeness (QED) is 0.542. The molecule has 0 aliphatic heterocycles. The molecule has 1 aromatic carbocycles. The normalized spacial score (nSPS) is 15.6. The molecule has 30 heavy (non-hydrogen) atoms. The Labute approximate surface area is 182 Å². The Hall–Kier alpha value is -2.64. The summed E-state index contributed by atoms with van der Waals surface area (Å²) in [7, 11) is 0. The fraction of sp³-hybridized carbons (Fsp3) is 0.318. The van der Waals surface area contributed by atoms with Crippen molar-refractivity contribution in [3.05, 3.63) is 56.4 Å². The minimum Gasteiger partial charge on any atom is -0.462 e. The van der Waals surface area contributed by atoms with Gasteiger partial charge in [-0.3, -0.25) is 10.2 Å². The van der Waals surface area contributed by atoms with Crippen molar-refractivity contribution in [1.29, 1.82) is 5.41 Å². The maximum absolute atomic E-state index is 13.0. The summed E-state index contributed by atoms with van der Waals surface area (Å²) in [6.45, 7) is 4.19. The van der Waals surface area contributed by atoms with E-state index in [0.29, 0.717) is 32.5 Å². The number of ether oxygens (including phenoxy) is 1. The number of hydrogen-bond acceptors (Lipinski definition) is 6. The first-order valence-electron chi connectivity index (χ1n) is 9.78. The van der Waals surface area contributed by atoms with E-state index in [0.717, 1.165) is 29.7 Å². The standard InChI is InChI=1S/C22H21ClN2O4S/c1-3-28-22(27)18-14-6-4-11(2)8-17(14)30-21(18)25-20(26)15-10-12-9-13(23)5-7-16(12)29-19(15)24/h5,7,9-11,24H,3-4,6,8H2,1-2H3,(H,25,26). The highest BCUT2D eigenvalue weighted by Gasteiger charge is 2.29. The van der Waals surface area contributed by atoms with Gasteiger partial charge in [-0.1, -0.05) is 18.5 Å². The van der Waals surface area contributed by atoms with Crippen molar-refractivity contribution in [3.8, 4) is 0 Å². The van der Waals surface area contributed by atoms with Gasteiger partial charge in [-0.25, -0.2) is 4.79 Å². The van der Waals surface area contributed by atoms with Gasteiger partial charge in [0.15, 0.2) is 0 Å². The van der Waals surface area contributed by atoms with Crippen LogP contribution < -0.4 is 10.9 Å². The molecule has 156 valence electrons. The molecule has 0 spiro atoms. The predicted octanol–water partition coefficient (Wildman–Crippen LogP) is 5.18. The number of hydrogen-bond donors (Lipinski definition) is 2. The van der Waals surface area contributed by atoms with Crippen LogP contribution in [0.5, 0.6) is 0 Å². The Balaban J connectivity index is 1.73. The number of amides is 1. The Morgan fingerprint density at radius 3 is 2.93 bits per heavy atom. The summed E-state index contributed by atoms with van der Waals surface area (Å²) < 4.78 is 10.7. The van der Waals surface area contributed by atoms with E-state index >= 15 is 0 Å².